The monoisotopic (exact) mass is 471 g/mol. The molecule has 0 spiro atoms. The maximum Gasteiger partial charge on any atom is 0.287 e. The van der Waals surface area contributed by atoms with Crippen LogP contribution in [0.2, 0.25) is 5.02 Å². The second kappa shape index (κ2) is 10.3. The summed E-state index contributed by atoms with van der Waals surface area (Å²) in [5.41, 5.74) is 0.844. The Bertz CT molecular complexity index is 971. The number of carbonyl (C=O) groups excluding carboxylic acids is 2. The van der Waals surface area contributed by atoms with Crippen molar-refractivity contribution in [2.75, 3.05) is 20.6 Å². The SMILES string of the molecule is CCC[C@H]1C[C@H](N(C)C)CC[C@@H]1N1CC[C@H](NC(=O)c2ccc(-c3ccc(Cl)cc3)o2)C1=O. The molecule has 4 rings (SSSR count). The Morgan fingerprint density at radius 3 is 2.61 bits per heavy atom. The average Bonchev–Trinajstić information content (AvgIpc) is 3.42. The molecule has 1 aromatic carbocycles. The molecule has 1 N–H and O–H groups in total. The third kappa shape index (κ3) is 5.28. The van der Waals surface area contributed by atoms with Crippen molar-refractivity contribution in [1.82, 2.24) is 15.1 Å². The summed E-state index contributed by atoms with van der Waals surface area (Å²) in [7, 11) is 4.29. The number of amides is 2. The number of halogens is 1. The number of carbonyl (C=O) groups is 2. The molecule has 6 nitrogen and oxygen atoms in total. The third-order valence-corrected chi connectivity index (χ3v) is 7.46. The number of hydrogen-bond acceptors (Lipinski definition) is 4. The van der Waals surface area contributed by atoms with Crippen molar-refractivity contribution in [2.24, 2.45) is 5.92 Å². The fourth-order valence-corrected chi connectivity index (χ4v) is 5.53. The quantitative estimate of drug-likeness (QED) is 0.628. The van der Waals surface area contributed by atoms with Crippen molar-refractivity contribution in [3.05, 3.63) is 47.2 Å². The van der Waals surface area contributed by atoms with Crippen LogP contribution < -0.4 is 5.32 Å². The van der Waals surface area contributed by atoms with Crippen molar-refractivity contribution >= 4 is 23.4 Å². The van der Waals surface area contributed by atoms with Crippen LogP contribution in [0.5, 0.6) is 0 Å². The van der Waals surface area contributed by atoms with Gasteiger partial charge in [-0.1, -0.05) is 24.9 Å². The summed E-state index contributed by atoms with van der Waals surface area (Å²) >= 11 is 5.95. The average molecular weight is 472 g/mol. The number of benzene rings is 1. The largest absolute Gasteiger partial charge is 0.451 e. The maximum atomic E-state index is 13.3. The fourth-order valence-electron chi connectivity index (χ4n) is 5.41. The minimum atomic E-state index is -0.490. The van der Waals surface area contributed by atoms with E-state index in [4.69, 9.17) is 16.0 Å². The van der Waals surface area contributed by atoms with Crippen molar-refractivity contribution in [1.29, 1.82) is 0 Å². The zero-order chi connectivity index (χ0) is 23.5. The van der Waals surface area contributed by atoms with Crippen molar-refractivity contribution in [3.8, 4) is 11.3 Å². The van der Waals surface area contributed by atoms with Gasteiger partial charge < -0.3 is 19.5 Å². The van der Waals surface area contributed by atoms with E-state index in [0.717, 1.165) is 37.7 Å². The van der Waals surface area contributed by atoms with Gasteiger partial charge in [0.05, 0.1) is 0 Å². The molecule has 7 heteroatoms. The van der Waals surface area contributed by atoms with Crippen molar-refractivity contribution in [2.45, 2.75) is 63.6 Å². The highest BCUT2D eigenvalue weighted by molar-refractivity contribution is 6.30. The molecule has 2 amide bonds. The van der Waals surface area contributed by atoms with Gasteiger partial charge in [0, 0.05) is 29.2 Å². The highest BCUT2D eigenvalue weighted by Crippen LogP contribution is 2.35. The lowest BCUT2D eigenvalue weighted by Gasteiger charge is -2.43. The first-order chi connectivity index (χ1) is 15.9. The number of hydrogen-bond donors (Lipinski definition) is 1. The molecule has 0 unspecified atom stereocenters. The Morgan fingerprint density at radius 2 is 1.91 bits per heavy atom. The third-order valence-electron chi connectivity index (χ3n) is 7.21. The van der Waals surface area contributed by atoms with Crippen LogP contribution in [0.25, 0.3) is 11.3 Å². The molecule has 2 aliphatic rings. The van der Waals surface area contributed by atoms with Crippen molar-refractivity contribution < 1.29 is 14.0 Å². The molecule has 1 saturated heterocycles. The molecule has 1 aromatic heterocycles. The Hall–Kier alpha value is -2.31. The van der Waals surface area contributed by atoms with Gasteiger partial charge in [-0.15, -0.1) is 0 Å². The smallest absolute Gasteiger partial charge is 0.287 e. The molecule has 1 aliphatic carbocycles. The molecule has 33 heavy (non-hydrogen) atoms. The second-order valence-corrected chi connectivity index (χ2v) is 10.0. The number of rotatable bonds is 7. The predicted octanol–water partition coefficient (Wildman–Crippen LogP) is 4.83. The van der Waals surface area contributed by atoms with Crippen LogP contribution >= 0.6 is 11.6 Å². The summed E-state index contributed by atoms with van der Waals surface area (Å²) in [5.74, 6) is 1.01. The number of furan rings is 1. The topological polar surface area (TPSA) is 65.8 Å². The molecule has 4 atom stereocenters. The summed E-state index contributed by atoms with van der Waals surface area (Å²) in [5, 5.41) is 3.55. The van der Waals surface area contributed by atoms with E-state index in [1.807, 2.05) is 17.0 Å². The summed E-state index contributed by atoms with van der Waals surface area (Å²) in [6.45, 7) is 2.92. The number of nitrogens with zero attached hydrogens (tertiary/aromatic N) is 2. The van der Waals surface area contributed by atoms with E-state index in [-0.39, 0.29) is 23.6 Å². The van der Waals surface area contributed by atoms with E-state index in [1.165, 1.54) is 0 Å². The molecular formula is C26H34ClN3O3. The summed E-state index contributed by atoms with van der Waals surface area (Å²) < 4.78 is 5.76. The van der Waals surface area contributed by atoms with Crippen LogP contribution in [0.15, 0.2) is 40.8 Å². The number of nitrogens with one attached hydrogen (secondary N) is 1. The normalized spacial score (nSPS) is 25.6. The molecule has 2 heterocycles. The summed E-state index contributed by atoms with van der Waals surface area (Å²) in [6, 6.07) is 11.0. The Morgan fingerprint density at radius 1 is 1.15 bits per heavy atom. The maximum absolute atomic E-state index is 13.3. The van der Waals surface area contributed by atoms with Gasteiger partial charge >= 0.3 is 0 Å². The molecule has 2 fully saturated rings. The lowest BCUT2D eigenvalue weighted by Crippen LogP contribution is -2.50. The molecule has 1 aliphatic heterocycles. The number of likely N-dealkylation sites (tertiary alicyclic amines) is 1. The molecule has 0 radical (unpaired) electrons. The van der Waals surface area contributed by atoms with Gasteiger partial charge in [0.2, 0.25) is 5.91 Å². The molecule has 1 saturated carbocycles. The van der Waals surface area contributed by atoms with E-state index in [0.29, 0.717) is 35.7 Å². The van der Waals surface area contributed by atoms with Gasteiger partial charge in [-0.05, 0) is 88.5 Å². The van der Waals surface area contributed by atoms with Crippen LogP contribution in [0.4, 0.5) is 0 Å². The molecule has 2 aromatic rings. The summed E-state index contributed by atoms with van der Waals surface area (Å²) in [6.07, 6.45) is 6.17. The van der Waals surface area contributed by atoms with Gasteiger partial charge in [0.25, 0.3) is 5.91 Å². The lowest BCUT2D eigenvalue weighted by molar-refractivity contribution is -0.133. The zero-order valence-corrected chi connectivity index (χ0v) is 20.5. The van der Waals surface area contributed by atoms with Gasteiger partial charge in [0.15, 0.2) is 5.76 Å². The molecule has 178 valence electrons. The fraction of sp³-hybridized carbons (Fsp3) is 0.538. The molecule has 0 bridgehead atoms. The van der Waals surface area contributed by atoms with Gasteiger partial charge in [-0.25, -0.2) is 0 Å². The van der Waals surface area contributed by atoms with E-state index in [1.54, 1.807) is 24.3 Å². The van der Waals surface area contributed by atoms with Gasteiger partial charge in [-0.2, -0.15) is 0 Å². The van der Waals surface area contributed by atoms with Crippen molar-refractivity contribution in [3.63, 3.8) is 0 Å². The highest BCUT2D eigenvalue weighted by Gasteiger charge is 2.42. The van der Waals surface area contributed by atoms with Gasteiger partial charge in [0.1, 0.15) is 11.8 Å². The Kier molecular flexibility index (Phi) is 7.45. The van der Waals surface area contributed by atoms with Crippen LogP contribution in [-0.2, 0) is 4.79 Å². The minimum Gasteiger partial charge on any atom is -0.451 e. The van der Waals surface area contributed by atoms with Crippen LogP contribution in [0.1, 0.15) is 56.0 Å². The lowest BCUT2D eigenvalue weighted by atomic mass is 9.78. The van der Waals surface area contributed by atoms with E-state index < -0.39 is 6.04 Å². The zero-order valence-electron chi connectivity index (χ0n) is 19.7. The Balaban J connectivity index is 1.39. The van der Waals surface area contributed by atoms with Gasteiger partial charge in [-0.3, -0.25) is 9.59 Å². The first kappa shape index (κ1) is 23.8. The first-order valence-electron chi connectivity index (χ1n) is 12.0. The predicted molar refractivity (Wildman–Crippen MR) is 130 cm³/mol. The highest BCUT2D eigenvalue weighted by atomic mass is 35.5. The van der Waals surface area contributed by atoms with Crippen LogP contribution in [0, 0.1) is 5.92 Å². The van der Waals surface area contributed by atoms with Crippen LogP contribution in [-0.4, -0.2) is 60.4 Å². The van der Waals surface area contributed by atoms with E-state index in [2.05, 4.69) is 31.2 Å². The van der Waals surface area contributed by atoms with E-state index >= 15 is 0 Å². The summed E-state index contributed by atoms with van der Waals surface area (Å²) in [4.78, 5) is 30.4. The standard InChI is InChI=1S/C26H34ClN3O3/c1-4-5-18-16-20(29(2)3)10-11-22(18)30-15-14-21(26(30)32)28-25(31)24-13-12-23(33-24)17-6-8-19(27)9-7-17/h6-9,12-13,18,20-22H,4-5,10-11,14-16H2,1-3H3,(H,28,31)/t18-,20+,21-,22-/m0/s1. The first-order valence-corrected chi connectivity index (χ1v) is 12.4. The Labute approximate surface area is 201 Å². The van der Waals surface area contributed by atoms with E-state index in [9.17, 15) is 9.59 Å². The second-order valence-electron chi connectivity index (χ2n) is 9.56. The molecular weight excluding hydrogens is 438 g/mol. The van der Waals surface area contributed by atoms with Crippen LogP contribution in [0.3, 0.4) is 0 Å². The minimum absolute atomic E-state index is 0.0437.